The van der Waals surface area contributed by atoms with Gasteiger partial charge in [-0.2, -0.15) is 0 Å². The van der Waals surface area contributed by atoms with Crippen LogP contribution in [0.1, 0.15) is 33.1 Å². The molecular weight excluding hydrogens is 236 g/mol. The highest BCUT2D eigenvalue weighted by atomic mass is 32.1. The van der Waals surface area contributed by atoms with Crippen LogP contribution >= 0.6 is 12.2 Å². The molecule has 2 fully saturated rings. The second kappa shape index (κ2) is 4.21. The van der Waals surface area contributed by atoms with Crippen LogP contribution < -0.4 is 11.1 Å². The molecule has 0 aromatic carbocycles. The molecule has 2 aliphatic rings. The van der Waals surface area contributed by atoms with Gasteiger partial charge in [0.05, 0.1) is 22.5 Å². The molecule has 1 atom stereocenters. The molecule has 3 N–H and O–H groups in total. The van der Waals surface area contributed by atoms with Crippen molar-refractivity contribution >= 4 is 23.1 Å². The van der Waals surface area contributed by atoms with Crippen molar-refractivity contribution in [2.45, 2.75) is 38.6 Å². The minimum absolute atomic E-state index is 0.0175. The van der Waals surface area contributed by atoms with Crippen molar-refractivity contribution in [2.75, 3.05) is 13.2 Å². The SMILES string of the molecule is CC1CC(C(=O)NC2(C)CCOC2)(C(N)=S)C1. The van der Waals surface area contributed by atoms with Gasteiger partial charge >= 0.3 is 0 Å². The zero-order valence-electron chi connectivity index (χ0n) is 10.4. The van der Waals surface area contributed by atoms with E-state index in [0.29, 0.717) is 24.1 Å². The lowest BCUT2D eigenvalue weighted by atomic mass is 9.61. The molecule has 0 aromatic heterocycles. The first-order chi connectivity index (χ1) is 7.88. The molecule has 96 valence electrons. The first kappa shape index (κ1) is 12.8. The lowest BCUT2D eigenvalue weighted by Gasteiger charge is -2.45. The normalized spacial score (nSPS) is 40.7. The second-order valence-electron chi connectivity index (χ2n) is 5.78. The lowest BCUT2D eigenvalue weighted by molar-refractivity contribution is -0.134. The molecule has 1 saturated heterocycles. The van der Waals surface area contributed by atoms with Crippen molar-refractivity contribution in [3.05, 3.63) is 0 Å². The molecule has 1 aliphatic heterocycles. The molecule has 0 bridgehead atoms. The monoisotopic (exact) mass is 256 g/mol. The van der Waals surface area contributed by atoms with Crippen LogP contribution in [0.4, 0.5) is 0 Å². The van der Waals surface area contributed by atoms with E-state index < -0.39 is 5.41 Å². The van der Waals surface area contributed by atoms with Crippen molar-refractivity contribution in [1.29, 1.82) is 0 Å². The Morgan fingerprint density at radius 2 is 2.18 bits per heavy atom. The number of amides is 1. The molecule has 0 radical (unpaired) electrons. The molecule has 0 aromatic rings. The van der Waals surface area contributed by atoms with E-state index in [-0.39, 0.29) is 11.4 Å². The Morgan fingerprint density at radius 1 is 1.53 bits per heavy atom. The summed E-state index contributed by atoms with van der Waals surface area (Å²) in [6.07, 6.45) is 2.39. The van der Waals surface area contributed by atoms with E-state index in [0.717, 1.165) is 19.3 Å². The third-order valence-electron chi connectivity index (χ3n) is 3.93. The maximum absolute atomic E-state index is 12.4. The van der Waals surface area contributed by atoms with Crippen molar-refractivity contribution in [1.82, 2.24) is 5.32 Å². The molecular formula is C12H20N2O2S. The van der Waals surface area contributed by atoms with Gasteiger partial charge in [0.15, 0.2) is 0 Å². The van der Waals surface area contributed by atoms with Crippen LogP contribution in [-0.2, 0) is 9.53 Å². The predicted octanol–water partition coefficient (Wildman–Crippen LogP) is 0.984. The van der Waals surface area contributed by atoms with Gasteiger partial charge in [-0.15, -0.1) is 0 Å². The summed E-state index contributed by atoms with van der Waals surface area (Å²) in [7, 11) is 0. The summed E-state index contributed by atoms with van der Waals surface area (Å²) in [4.78, 5) is 12.7. The Morgan fingerprint density at radius 3 is 2.59 bits per heavy atom. The molecule has 0 spiro atoms. The van der Waals surface area contributed by atoms with Crippen LogP contribution in [0.3, 0.4) is 0 Å². The third-order valence-corrected chi connectivity index (χ3v) is 4.33. The number of hydrogen-bond donors (Lipinski definition) is 2. The number of hydrogen-bond acceptors (Lipinski definition) is 3. The Balaban J connectivity index is 2.06. The van der Waals surface area contributed by atoms with Gasteiger partial charge in [-0.3, -0.25) is 4.79 Å². The molecule has 1 amide bonds. The van der Waals surface area contributed by atoms with E-state index in [4.69, 9.17) is 22.7 Å². The average molecular weight is 256 g/mol. The second-order valence-corrected chi connectivity index (χ2v) is 6.22. The maximum Gasteiger partial charge on any atom is 0.233 e. The van der Waals surface area contributed by atoms with Gasteiger partial charge in [-0.05, 0) is 32.1 Å². The summed E-state index contributed by atoms with van der Waals surface area (Å²) >= 11 is 5.07. The van der Waals surface area contributed by atoms with Gasteiger partial charge in [0.2, 0.25) is 5.91 Å². The summed E-state index contributed by atoms with van der Waals surface area (Å²) in [6.45, 7) is 5.40. The van der Waals surface area contributed by atoms with E-state index in [1.165, 1.54) is 0 Å². The van der Waals surface area contributed by atoms with Crippen molar-refractivity contribution in [3.8, 4) is 0 Å². The standard InChI is InChI=1S/C12H20N2O2S/c1-8-5-12(6-8,9(13)17)10(15)14-11(2)3-4-16-7-11/h8H,3-7H2,1-2H3,(H2,13,17)(H,14,15). The Labute approximate surface area is 107 Å². The van der Waals surface area contributed by atoms with E-state index in [1.807, 2.05) is 6.92 Å². The highest BCUT2D eigenvalue weighted by Gasteiger charge is 2.52. The number of carbonyl (C=O) groups is 1. The number of ether oxygens (including phenoxy) is 1. The maximum atomic E-state index is 12.4. The largest absolute Gasteiger partial charge is 0.392 e. The highest BCUT2D eigenvalue weighted by molar-refractivity contribution is 7.80. The Kier molecular flexibility index (Phi) is 3.16. The van der Waals surface area contributed by atoms with E-state index in [9.17, 15) is 4.79 Å². The molecule has 1 unspecified atom stereocenters. The summed E-state index contributed by atoms with van der Waals surface area (Å²) in [5.74, 6) is 0.506. The third kappa shape index (κ3) is 2.18. The van der Waals surface area contributed by atoms with Crippen LogP contribution in [0.15, 0.2) is 0 Å². The first-order valence-corrected chi connectivity index (χ1v) is 6.49. The topological polar surface area (TPSA) is 64.3 Å². The fourth-order valence-electron chi connectivity index (χ4n) is 2.79. The molecule has 5 heteroatoms. The van der Waals surface area contributed by atoms with Crippen molar-refractivity contribution < 1.29 is 9.53 Å². The van der Waals surface area contributed by atoms with Gasteiger partial charge in [0.1, 0.15) is 0 Å². The zero-order valence-corrected chi connectivity index (χ0v) is 11.2. The quantitative estimate of drug-likeness (QED) is 0.739. The number of nitrogens with two attached hydrogens (primary N) is 1. The van der Waals surface area contributed by atoms with Gasteiger partial charge in [0, 0.05) is 6.61 Å². The van der Waals surface area contributed by atoms with Crippen LogP contribution in [-0.4, -0.2) is 29.6 Å². The lowest BCUT2D eigenvalue weighted by Crippen LogP contribution is -2.60. The number of carbonyl (C=O) groups excluding carboxylic acids is 1. The number of nitrogens with one attached hydrogen (secondary N) is 1. The summed E-state index contributed by atoms with van der Waals surface area (Å²) in [5.41, 5.74) is 4.89. The highest BCUT2D eigenvalue weighted by Crippen LogP contribution is 2.46. The van der Waals surface area contributed by atoms with Gasteiger partial charge < -0.3 is 15.8 Å². The minimum Gasteiger partial charge on any atom is -0.392 e. The van der Waals surface area contributed by atoms with Gasteiger partial charge in [0.25, 0.3) is 0 Å². The molecule has 17 heavy (non-hydrogen) atoms. The van der Waals surface area contributed by atoms with Crippen LogP contribution in [0.2, 0.25) is 0 Å². The van der Waals surface area contributed by atoms with Gasteiger partial charge in [-0.25, -0.2) is 0 Å². The number of rotatable bonds is 3. The summed E-state index contributed by atoms with van der Waals surface area (Å²) in [5, 5.41) is 3.07. The van der Waals surface area contributed by atoms with Crippen LogP contribution in [0, 0.1) is 11.3 Å². The van der Waals surface area contributed by atoms with Crippen LogP contribution in [0.5, 0.6) is 0 Å². The average Bonchev–Trinajstić information content (AvgIpc) is 2.58. The van der Waals surface area contributed by atoms with Crippen molar-refractivity contribution in [3.63, 3.8) is 0 Å². The molecule has 1 aliphatic carbocycles. The minimum atomic E-state index is -0.611. The van der Waals surface area contributed by atoms with E-state index >= 15 is 0 Å². The molecule has 2 rings (SSSR count). The van der Waals surface area contributed by atoms with E-state index in [2.05, 4.69) is 12.2 Å². The summed E-state index contributed by atoms with van der Waals surface area (Å²) in [6, 6.07) is 0. The smallest absolute Gasteiger partial charge is 0.233 e. The number of thiocarbonyl (C=S) groups is 1. The molecule has 1 saturated carbocycles. The predicted molar refractivity (Wildman–Crippen MR) is 69.6 cm³/mol. The summed E-state index contributed by atoms with van der Waals surface area (Å²) < 4.78 is 5.33. The fraction of sp³-hybridized carbons (Fsp3) is 0.833. The molecule has 1 heterocycles. The Hall–Kier alpha value is -0.680. The van der Waals surface area contributed by atoms with Crippen molar-refractivity contribution in [2.24, 2.45) is 17.1 Å². The fourth-order valence-corrected chi connectivity index (χ4v) is 3.05. The Bertz CT molecular complexity index is 344. The molecule has 4 nitrogen and oxygen atoms in total. The van der Waals surface area contributed by atoms with E-state index in [1.54, 1.807) is 0 Å². The van der Waals surface area contributed by atoms with Gasteiger partial charge in [-0.1, -0.05) is 19.1 Å². The zero-order chi connectivity index (χ0) is 12.7. The van der Waals surface area contributed by atoms with Crippen LogP contribution in [0.25, 0.3) is 0 Å². The first-order valence-electron chi connectivity index (χ1n) is 6.08.